The Kier molecular flexibility index (Phi) is 13.1. The predicted octanol–water partition coefficient (Wildman–Crippen LogP) is 10.6. The van der Waals surface area contributed by atoms with E-state index < -0.39 is 23.1 Å². The smallest absolute Gasteiger partial charge is 0.330 e. The maximum absolute atomic E-state index is 11.5. The summed E-state index contributed by atoms with van der Waals surface area (Å²) in [6.07, 6.45) is 17.2. The Hall–Kier alpha value is -4.46. The highest BCUT2D eigenvalue weighted by atomic mass is 16.5. The van der Waals surface area contributed by atoms with Crippen LogP contribution in [0.1, 0.15) is 128 Å². The Balaban J connectivity index is 1.52. The molecule has 0 saturated carbocycles. The number of carbonyl (C=O) groups is 2. The Morgan fingerprint density at radius 2 is 1.02 bits per heavy atom. The molecular formula is C44H58O8. The summed E-state index contributed by atoms with van der Waals surface area (Å²) in [5, 5.41) is 41.1. The maximum atomic E-state index is 11.5. The maximum Gasteiger partial charge on any atom is 0.330 e. The molecule has 4 rings (SSSR count). The van der Waals surface area contributed by atoms with E-state index in [9.17, 15) is 19.8 Å². The molecule has 0 bridgehead atoms. The van der Waals surface area contributed by atoms with Gasteiger partial charge in [-0.2, -0.15) is 0 Å². The molecule has 8 heteroatoms. The lowest BCUT2D eigenvalue weighted by Crippen LogP contribution is -2.37. The first-order valence-electron chi connectivity index (χ1n) is 18.6. The lowest BCUT2D eigenvalue weighted by molar-refractivity contribution is -0.133. The van der Waals surface area contributed by atoms with Crippen LogP contribution in [0.2, 0.25) is 0 Å². The average Bonchev–Trinajstić information content (AvgIpc) is 3.06. The molecule has 0 aromatic heterocycles. The van der Waals surface area contributed by atoms with Crippen LogP contribution < -0.4 is 9.47 Å². The third-order valence-electron chi connectivity index (χ3n) is 10.8. The van der Waals surface area contributed by atoms with Crippen molar-refractivity contribution in [2.75, 3.05) is 0 Å². The van der Waals surface area contributed by atoms with E-state index in [1.54, 1.807) is 38.1 Å². The van der Waals surface area contributed by atoms with Gasteiger partial charge in [0.15, 0.2) is 0 Å². The van der Waals surface area contributed by atoms with Crippen molar-refractivity contribution in [2.24, 2.45) is 0 Å². The van der Waals surface area contributed by atoms with Crippen molar-refractivity contribution in [2.45, 2.75) is 144 Å². The number of aromatic hydroxyl groups is 2. The Labute approximate surface area is 309 Å². The van der Waals surface area contributed by atoms with E-state index in [0.717, 1.165) is 85.1 Å². The Morgan fingerprint density at radius 3 is 1.37 bits per heavy atom. The molecule has 2 aliphatic heterocycles. The summed E-state index contributed by atoms with van der Waals surface area (Å²) in [6, 6.07) is 3.48. The normalized spacial score (nSPS) is 20.8. The van der Waals surface area contributed by atoms with Gasteiger partial charge in [-0.3, -0.25) is 0 Å². The van der Waals surface area contributed by atoms with E-state index in [1.165, 1.54) is 11.1 Å². The molecule has 0 spiro atoms. The average molecular weight is 715 g/mol. The van der Waals surface area contributed by atoms with Gasteiger partial charge in [0.1, 0.15) is 34.2 Å². The number of carboxylic acids is 2. The minimum absolute atomic E-state index is 0.123. The molecule has 0 fully saturated rings. The number of allylic oxidation sites excluding steroid dienone is 6. The molecule has 0 radical (unpaired) electrons. The minimum atomic E-state index is -0.881. The molecule has 8 nitrogen and oxygen atoms in total. The number of ether oxygens (including phenoxy) is 2. The molecule has 2 aromatic carbocycles. The minimum Gasteiger partial charge on any atom is -0.507 e. The quantitative estimate of drug-likeness (QED) is 0.106. The van der Waals surface area contributed by atoms with Gasteiger partial charge < -0.3 is 29.9 Å². The number of rotatable bonds is 15. The van der Waals surface area contributed by atoms with Crippen molar-refractivity contribution in [1.82, 2.24) is 0 Å². The monoisotopic (exact) mass is 714 g/mol. The standard InChI is InChI=1S/C44H58O8/c1-27(13-9-17-29(3)41(47)48)15-11-21-43(7)23-19-33-37(35(45)25-31(5)39(33)51-43)38-34-20-24-44(8,52-40(34)32(6)26-36(38)46)22-12-16-28(2)14-10-18-30(4)42(49)50/h15-18,25-26,45-46H,9-14,19-24H2,1-8H3,(H,47,48)(H,49,50). The van der Waals surface area contributed by atoms with Gasteiger partial charge in [-0.05, 0) is 156 Å². The van der Waals surface area contributed by atoms with Gasteiger partial charge in [-0.15, -0.1) is 0 Å². The third-order valence-corrected chi connectivity index (χ3v) is 10.8. The molecule has 2 aromatic rings. The third kappa shape index (κ3) is 9.90. The highest BCUT2D eigenvalue weighted by Gasteiger charge is 2.38. The van der Waals surface area contributed by atoms with Crippen LogP contribution in [-0.2, 0) is 22.4 Å². The SMILES string of the molecule is CC(=CCCC1(C)CCc2c(c(C)cc(O)c2-c2c(O)cc(C)c3c2CCC(C)(CCC=C(C)CCC=C(C)C(=O)O)O3)O1)CCC=C(C)C(=O)O. The van der Waals surface area contributed by atoms with E-state index in [4.69, 9.17) is 19.7 Å². The predicted molar refractivity (Wildman–Crippen MR) is 207 cm³/mol. The fraction of sp³-hybridized carbons (Fsp3) is 0.500. The second-order valence-electron chi connectivity index (χ2n) is 15.5. The van der Waals surface area contributed by atoms with Crippen molar-refractivity contribution < 1.29 is 39.5 Å². The van der Waals surface area contributed by atoms with Crippen LogP contribution in [0.25, 0.3) is 11.1 Å². The Morgan fingerprint density at radius 1 is 0.654 bits per heavy atom. The van der Waals surface area contributed by atoms with Gasteiger partial charge in [0.2, 0.25) is 0 Å². The molecule has 2 heterocycles. The van der Waals surface area contributed by atoms with Gasteiger partial charge in [-0.1, -0.05) is 35.5 Å². The van der Waals surface area contributed by atoms with Crippen molar-refractivity contribution >= 4 is 11.9 Å². The first-order valence-corrected chi connectivity index (χ1v) is 18.6. The molecule has 0 saturated heterocycles. The topological polar surface area (TPSA) is 134 Å². The number of aryl methyl sites for hydroxylation is 2. The molecule has 4 N–H and O–H groups in total. The number of hydrogen-bond donors (Lipinski definition) is 4. The van der Waals surface area contributed by atoms with Crippen molar-refractivity contribution in [1.29, 1.82) is 0 Å². The van der Waals surface area contributed by atoms with Crippen LogP contribution in [0.4, 0.5) is 0 Å². The summed E-state index contributed by atoms with van der Waals surface area (Å²) >= 11 is 0. The first-order chi connectivity index (χ1) is 24.4. The number of aliphatic carboxylic acids is 2. The van der Waals surface area contributed by atoms with E-state index in [-0.39, 0.29) is 11.5 Å². The van der Waals surface area contributed by atoms with E-state index in [2.05, 4.69) is 39.8 Å². The second-order valence-corrected chi connectivity index (χ2v) is 15.5. The molecule has 0 amide bonds. The van der Waals surface area contributed by atoms with Gasteiger partial charge in [0.25, 0.3) is 0 Å². The molecule has 2 atom stereocenters. The molecule has 0 aliphatic carbocycles. The fourth-order valence-electron chi connectivity index (χ4n) is 7.40. The number of phenols is 2. The summed E-state index contributed by atoms with van der Waals surface area (Å²) in [4.78, 5) is 22.1. The van der Waals surface area contributed by atoms with Crippen LogP contribution in [0.3, 0.4) is 0 Å². The largest absolute Gasteiger partial charge is 0.507 e. The van der Waals surface area contributed by atoms with Crippen LogP contribution in [0.5, 0.6) is 23.0 Å². The second kappa shape index (κ2) is 16.9. The summed E-state index contributed by atoms with van der Waals surface area (Å²) in [5.41, 5.74) is 7.15. The van der Waals surface area contributed by atoms with E-state index in [0.29, 0.717) is 48.0 Å². The summed E-state index contributed by atoms with van der Waals surface area (Å²) < 4.78 is 13.6. The van der Waals surface area contributed by atoms with Gasteiger partial charge in [0.05, 0.1) is 0 Å². The number of carboxylic acid groups (broad SMARTS) is 2. The molecule has 2 unspecified atom stereocenters. The lowest BCUT2D eigenvalue weighted by Gasteiger charge is -2.39. The molecule has 282 valence electrons. The molecular weight excluding hydrogens is 656 g/mol. The van der Waals surface area contributed by atoms with Crippen molar-refractivity contribution in [3.05, 3.63) is 81.0 Å². The number of benzene rings is 2. The van der Waals surface area contributed by atoms with Gasteiger partial charge in [-0.25, -0.2) is 9.59 Å². The summed E-state index contributed by atoms with van der Waals surface area (Å²) in [6.45, 7) is 15.6. The summed E-state index contributed by atoms with van der Waals surface area (Å²) in [7, 11) is 0. The number of phenolic OH excluding ortho intramolecular Hbond substituents is 2. The zero-order chi connectivity index (χ0) is 38.4. The van der Waals surface area contributed by atoms with Crippen molar-refractivity contribution in [3.8, 4) is 34.1 Å². The van der Waals surface area contributed by atoms with E-state index >= 15 is 0 Å². The zero-order valence-corrected chi connectivity index (χ0v) is 32.4. The summed E-state index contributed by atoms with van der Waals surface area (Å²) in [5.74, 6) is 0.0164. The van der Waals surface area contributed by atoms with Crippen LogP contribution in [0, 0.1) is 13.8 Å². The van der Waals surface area contributed by atoms with E-state index in [1.807, 2.05) is 13.8 Å². The first kappa shape index (κ1) is 40.3. The number of hydrogen-bond acceptors (Lipinski definition) is 6. The highest BCUT2D eigenvalue weighted by molar-refractivity contribution is 5.87. The van der Waals surface area contributed by atoms with Crippen LogP contribution in [0.15, 0.2) is 58.7 Å². The van der Waals surface area contributed by atoms with Gasteiger partial charge >= 0.3 is 11.9 Å². The van der Waals surface area contributed by atoms with Crippen molar-refractivity contribution in [3.63, 3.8) is 0 Å². The van der Waals surface area contributed by atoms with Crippen LogP contribution in [-0.4, -0.2) is 43.6 Å². The number of fused-ring (bicyclic) bond motifs is 2. The van der Waals surface area contributed by atoms with Gasteiger partial charge in [0, 0.05) is 33.4 Å². The van der Waals surface area contributed by atoms with Crippen LogP contribution >= 0.6 is 0 Å². The Bertz CT molecular complexity index is 1680. The zero-order valence-electron chi connectivity index (χ0n) is 32.4. The highest BCUT2D eigenvalue weighted by Crippen LogP contribution is 2.53. The fourth-order valence-corrected chi connectivity index (χ4v) is 7.40. The lowest BCUT2D eigenvalue weighted by atomic mass is 9.80. The molecule has 52 heavy (non-hydrogen) atoms. The molecule has 2 aliphatic rings.